The van der Waals surface area contributed by atoms with Crippen LogP contribution in [0, 0.1) is 0 Å². The second-order valence-corrected chi connectivity index (χ2v) is 29.5. The summed E-state index contributed by atoms with van der Waals surface area (Å²) in [6.45, 7) is 35.4. The average Bonchev–Trinajstić information content (AvgIpc) is 3.07. The minimum atomic E-state index is -1.92. The molecule has 0 bridgehead atoms. The van der Waals surface area contributed by atoms with E-state index in [0.717, 1.165) is 5.69 Å². The highest BCUT2D eigenvalue weighted by molar-refractivity contribution is 6.74. The number of benzene rings is 2. The molecule has 2 N–H and O–H groups in total. The summed E-state index contributed by atoms with van der Waals surface area (Å²) in [6.07, 6.45) is -1.68. The van der Waals surface area contributed by atoms with Gasteiger partial charge in [0.25, 0.3) is 0 Å². The molecule has 15 heteroatoms. The molecule has 2 aromatic rings. The molecular formula is C44H73N3O10Si2. The molecule has 1 atom stereocenters. The fourth-order valence-corrected chi connectivity index (χ4v) is 6.96. The Bertz CT molecular complexity index is 1640. The first kappa shape index (κ1) is 51.2. The highest BCUT2D eigenvalue weighted by Crippen LogP contribution is 2.37. The third-order valence-electron chi connectivity index (χ3n) is 10.3. The van der Waals surface area contributed by atoms with E-state index in [1.807, 2.05) is 24.3 Å². The number of rotatable bonds is 18. The molecule has 0 heterocycles. The van der Waals surface area contributed by atoms with Crippen LogP contribution in [0.25, 0.3) is 0 Å². The van der Waals surface area contributed by atoms with E-state index in [1.165, 1.54) is 0 Å². The summed E-state index contributed by atoms with van der Waals surface area (Å²) >= 11 is 0. The Morgan fingerprint density at radius 3 is 1.61 bits per heavy atom. The SMILES string of the molecule is CC(C)(C)OC(=O)CC[C@H](NC(=O)Oc1ccc(COC(=O)Nc2ccc(N(CCO[Si](C)(C)C(C)(C)C)CCO[Si](C)(C)C(C)(C)C)cc2)cc1)C(=O)OC(C)(C)C. The second-order valence-electron chi connectivity index (χ2n) is 19.8. The van der Waals surface area contributed by atoms with Crippen molar-refractivity contribution in [1.29, 1.82) is 0 Å². The number of esters is 2. The summed E-state index contributed by atoms with van der Waals surface area (Å²) in [5.41, 5.74) is 0.736. The molecule has 0 aliphatic rings. The summed E-state index contributed by atoms with van der Waals surface area (Å²) in [5, 5.41) is 5.51. The van der Waals surface area contributed by atoms with E-state index >= 15 is 0 Å². The summed E-state index contributed by atoms with van der Waals surface area (Å²) in [4.78, 5) is 52.9. The minimum absolute atomic E-state index is 0.0298. The number of carbonyl (C=O) groups excluding carboxylic acids is 4. The van der Waals surface area contributed by atoms with E-state index in [-0.39, 0.29) is 35.3 Å². The number of nitrogens with zero attached hydrogens (tertiary/aromatic N) is 1. The fourth-order valence-electron chi connectivity index (χ4n) is 4.89. The fraction of sp³-hybridized carbons (Fsp3) is 0.636. The molecule has 0 saturated carbocycles. The van der Waals surface area contributed by atoms with E-state index in [9.17, 15) is 19.2 Å². The normalized spacial score (nSPS) is 13.2. The lowest BCUT2D eigenvalue weighted by molar-refractivity contribution is -0.158. The number of amides is 2. The molecule has 2 aromatic carbocycles. The van der Waals surface area contributed by atoms with Crippen molar-refractivity contribution >= 4 is 52.1 Å². The van der Waals surface area contributed by atoms with Gasteiger partial charge in [-0.3, -0.25) is 10.1 Å². The molecule has 0 unspecified atom stereocenters. The van der Waals surface area contributed by atoms with Crippen LogP contribution in [-0.2, 0) is 39.3 Å². The molecule has 0 aromatic heterocycles. The Morgan fingerprint density at radius 1 is 0.661 bits per heavy atom. The van der Waals surface area contributed by atoms with Crippen LogP contribution in [0.5, 0.6) is 5.75 Å². The van der Waals surface area contributed by atoms with Gasteiger partial charge in [-0.1, -0.05) is 53.7 Å². The molecule has 332 valence electrons. The summed E-state index contributed by atoms with van der Waals surface area (Å²) in [5.74, 6) is -1.02. The second kappa shape index (κ2) is 21.0. The predicted molar refractivity (Wildman–Crippen MR) is 239 cm³/mol. The van der Waals surface area contributed by atoms with Crippen molar-refractivity contribution in [1.82, 2.24) is 5.32 Å². The van der Waals surface area contributed by atoms with Gasteiger partial charge in [-0.05, 0) is 126 Å². The van der Waals surface area contributed by atoms with Gasteiger partial charge in [0.1, 0.15) is 29.6 Å². The van der Waals surface area contributed by atoms with Crippen LogP contribution >= 0.6 is 0 Å². The number of anilines is 2. The van der Waals surface area contributed by atoms with E-state index < -0.39 is 58.0 Å². The molecule has 0 aliphatic carbocycles. The van der Waals surface area contributed by atoms with Gasteiger partial charge >= 0.3 is 24.1 Å². The zero-order valence-electron chi connectivity index (χ0n) is 38.7. The molecular weight excluding hydrogens is 787 g/mol. The van der Waals surface area contributed by atoms with E-state index in [4.69, 9.17) is 27.8 Å². The molecule has 2 amide bonds. The lowest BCUT2D eigenvalue weighted by Gasteiger charge is -2.38. The number of carbonyl (C=O) groups is 4. The molecule has 0 saturated heterocycles. The van der Waals surface area contributed by atoms with E-state index in [0.29, 0.717) is 37.6 Å². The molecule has 0 aliphatic heterocycles. The Kier molecular flexibility index (Phi) is 18.3. The van der Waals surface area contributed by atoms with Crippen LogP contribution in [0.3, 0.4) is 0 Å². The third-order valence-corrected chi connectivity index (χ3v) is 19.4. The zero-order valence-corrected chi connectivity index (χ0v) is 40.7. The first-order valence-corrected chi connectivity index (χ1v) is 26.3. The maximum absolute atomic E-state index is 12.8. The van der Waals surface area contributed by atoms with Gasteiger partial charge in [0.2, 0.25) is 0 Å². The van der Waals surface area contributed by atoms with Crippen LogP contribution in [0.1, 0.15) is 101 Å². The van der Waals surface area contributed by atoms with Gasteiger partial charge in [0.15, 0.2) is 16.6 Å². The molecule has 13 nitrogen and oxygen atoms in total. The number of ether oxygens (including phenoxy) is 4. The molecule has 0 radical (unpaired) electrons. The van der Waals surface area contributed by atoms with Crippen molar-refractivity contribution in [2.24, 2.45) is 0 Å². The summed E-state index contributed by atoms with van der Waals surface area (Å²) in [6, 6.07) is 12.9. The largest absolute Gasteiger partial charge is 0.460 e. The third kappa shape index (κ3) is 18.9. The maximum Gasteiger partial charge on any atom is 0.413 e. The Hall–Kier alpha value is -3.93. The van der Waals surface area contributed by atoms with E-state index in [2.05, 4.69) is 83.3 Å². The lowest BCUT2D eigenvalue weighted by Crippen LogP contribution is -2.45. The van der Waals surface area contributed by atoms with E-state index in [1.54, 1.807) is 65.8 Å². The Labute approximate surface area is 355 Å². The highest BCUT2D eigenvalue weighted by atomic mass is 28.4. The minimum Gasteiger partial charge on any atom is -0.460 e. The van der Waals surface area contributed by atoms with Crippen LogP contribution in [0.4, 0.5) is 21.0 Å². The predicted octanol–water partition coefficient (Wildman–Crippen LogP) is 10.2. The van der Waals surface area contributed by atoms with Crippen molar-refractivity contribution in [3.8, 4) is 5.75 Å². The summed E-state index contributed by atoms with van der Waals surface area (Å²) < 4.78 is 34.6. The maximum atomic E-state index is 12.8. The van der Waals surface area contributed by atoms with Crippen LogP contribution in [-0.4, -0.2) is 84.3 Å². The molecule has 0 fully saturated rings. The van der Waals surface area contributed by atoms with Crippen molar-refractivity contribution in [3.05, 3.63) is 54.1 Å². The van der Waals surface area contributed by atoms with Crippen molar-refractivity contribution in [2.45, 2.75) is 156 Å². The van der Waals surface area contributed by atoms with Crippen LogP contribution in [0.2, 0.25) is 36.3 Å². The average molecular weight is 860 g/mol. The van der Waals surface area contributed by atoms with Gasteiger partial charge in [-0.25, -0.2) is 14.4 Å². The zero-order chi connectivity index (χ0) is 45.0. The quantitative estimate of drug-likeness (QED) is 0.0837. The smallest absolute Gasteiger partial charge is 0.413 e. The van der Waals surface area contributed by atoms with Gasteiger partial charge in [-0.15, -0.1) is 0 Å². The van der Waals surface area contributed by atoms with Gasteiger partial charge < -0.3 is 38.0 Å². The highest BCUT2D eigenvalue weighted by Gasteiger charge is 2.38. The standard InChI is InChI=1S/C44H73N3O10Si2/c1-41(2,3)56-37(48)26-25-36(38(49)57-42(4,5)6)46-40(51)55-35-23-17-32(18-24-35)31-52-39(50)45-33-19-21-34(22-20-33)47(27-29-53-58(13,14)43(7,8)9)28-30-54-59(15,16)44(10,11)12/h17-24,36H,25-31H2,1-16H3,(H,45,50)(H,46,51)/t36-/m0/s1. The van der Waals surface area contributed by atoms with Gasteiger partial charge in [0, 0.05) is 30.9 Å². The molecule has 59 heavy (non-hydrogen) atoms. The summed E-state index contributed by atoms with van der Waals surface area (Å²) in [7, 11) is -3.83. The van der Waals surface area contributed by atoms with Crippen LogP contribution in [0.15, 0.2) is 48.5 Å². The van der Waals surface area contributed by atoms with Crippen molar-refractivity contribution in [3.63, 3.8) is 0 Å². The monoisotopic (exact) mass is 859 g/mol. The number of nitrogens with one attached hydrogen (secondary N) is 2. The Balaban J connectivity index is 1.99. The first-order chi connectivity index (χ1) is 26.9. The lowest BCUT2D eigenvalue weighted by atomic mass is 10.1. The molecule has 0 spiro atoms. The van der Waals surface area contributed by atoms with Crippen LogP contribution < -0.4 is 20.3 Å². The topological polar surface area (TPSA) is 151 Å². The number of hydrogen-bond donors (Lipinski definition) is 2. The Morgan fingerprint density at radius 2 is 1.15 bits per heavy atom. The first-order valence-electron chi connectivity index (χ1n) is 20.5. The van der Waals surface area contributed by atoms with Gasteiger partial charge in [0.05, 0.1) is 13.2 Å². The van der Waals surface area contributed by atoms with Crippen molar-refractivity contribution in [2.75, 3.05) is 36.5 Å². The molecule has 2 rings (SSSR count). The number of hydrogen-bond acceptors (Lipinski definition) is 11. The van der Waals surface area contributed by atoms with Crippen molar-refractivity contribution < 1.29 is 47.0 Å². The van der Waals surface area contributed by atoms with Gasteiger partial charge in [-0.2, -0.15) is 0 Å².